The second-order valence-electron chi connectivity index (χ2n) is 14.1. The van der Waals surface area contributed by atoms with Crippen LogP contribution in [-0.2, 0) is 68.4 Å². The van der Waals surface area contributed by atoms with Crippen molar-refractivity contribution in [3.63, 3.8) is 0 Å². The second-order valence-corrected chi connectivity index (χ2v) is 14.1. The van der Waals surface area contributed by atoms with Crippen LogP contribution in [0, 0.1) is 0 Å². The van der Waals surface area contributed by atoms with E-state index in [1.165, 1.54) is 6.07 Å². The fraction of sp³-hybridized carbons (Fsp3) is 0.614. The van der Waals surface area contributed by atoms with E-state index in [-0.39, 0.29) is 42.0 Å². The highest BCUT2D eigenvalue weighted by atomic mass is 16.6. The molecule has 1 saturated heterocycles. The largest absolute Gasteiger partial charge is 0.379 e. The van der Waals surface area contributed by atoms with E-state index in [4.69, 9.17) is 47.4 Å². The molecule has 0 saturated carbocycles. The van der Waals surface area contributed by atoms with Gasteiger partial charge in [-0.25, -0.2) is 0 Å². The molecular weight excluding hydrogens is 810 g/mol. The van der Waals surface area contributed by atoms with Gasteiger partial charge in [0.1, 0.15) is 6.04 Å². The Morgan fingerprint density at radius 1 is 0.548 bits per heavy atom. The minimum atomic E-state index is -1.07. The maximum atomic E-state index is 13.2. The van der Waals surface area contributed by atoms with Crippen molar-refractivity contribution in [2.24, 2.45) is 0 Å². The van der Waals surface area contributed by atoms with Crippen molar-refractivity contribution in [2.45, 2.75) is 51.2 Å². The summed E-state index contributed by atoms with van der Waals surface area (Å²) in [6.07, 6.45) is 2.45. The van der Waals surface area contributed by atoms with Crippen LogP contribution in [0.5, 0.6) is 0 Å². The number of nitrogens with one attached hydrogen (secondary N) is 2. The highest BCUT2D eigenvalue weighted by Gasteiger charge is 2.45. The van der Waals surface area contributed by atoms with E-state index in [2.05, 4.69) is 10.6 Å². The molecule has 18 nitrogen and oxygen atoms in total. The Hall–Kier alpha value is -4.21. The van der Waals surface area contributed by atoms with Crippen LogP contribution >= 0.6 is 0 Å². The SMILES string of the molecule is O=C1CCC(N2C(=O)c3cccc(NC(=O)CCCCCOCCOCCOCCOCCOCCOCCOCCOCCOCCOCc4ccccc4)c3C2=O)C(=O)N1. The predicted molar refractivity (Wildman–Crippen MR) is 224 cm³/mol. The average molecular weight is 874 g/mol. The molecule has 2 heterocycles. The van der Waals surface area contributed by atoms with Gasteiger partial charge in [0.05, 0.1) is 142 Å². The van der Waals surface area contributed by atoms with Gasteiger partial charge in [-0.05, 0) is 37.0 Å². The zero-order valence-corrected chi connectivity index (χ0v) is 35.7. The molecule has 2 aliphatic rings. The molecule has 2 aliphatic heterocycles. The first-order chi connectivity index (χ1) is 30.5. The van der Waals surface area contributed by atoms with Gasteiger partial charge in [-0.1, -0.05) is 42.8 Å². The van der Waals surface area contributed by atoms with Crippen LogP contribution in [0.1, 0.15) is 64.8 Å². The number of rotatable bonds is 37. The monoisotopic (exact) mass is 873 g/mol. The number of ether oxygens (including phenoxy) is 10. The number of anilines is 1. The summed E-state index contributed by atoms with van der Waals surface area (Å²) in [6.45, 7) is 9.81. The summed E-state index contributed by atoms with van der Waals surface area (Å²) in [5, 5.41) is 4.91. The first-order valence-corrected chi connectivity index (χ1v) is 21.4. The minimum Gasteiger partial charge on any atom is -0.379 e. The van der Waals surface area contributed by atoms with Crippen molar-refractivity contribution < 1.29 is 71.3 Å². The third-order valence-electron chi connectivity index (χ3n) is 9.39. The molecule has 0 spiro atoms. The van der Waals surface area contributed by atoms with Crippen molar-refractivity contribution in [2.75, 3.05) is 131 Å². The van der Waals surface area contributed by atoms with E-state index in [9.17, 15) is 24.0 Å². The van der Waals surface area contributed by atoms with Crippen LogP contribution in [0.3, 0.4) is 0 Å². The summed E-state index contributed by atoms with van der Waals surface area (Å²) in [5.41, 5.74) is 1.53. The Morgan fingerprint density at radius 3 is 1.53 bits per heavy atom. The number of nitrogens with zero attached hydrogens (tertiary/aromatic N) is 1. The van der Waals surface area contributed by atoms with E-state index in [0.717, 1.165) is 23.3 Å². The molecule has 1 unspecified atom stereocenters. The Labute approximate surface area is 363 Å². The van der Waals surface area contributed by atoms with E-state index < -0.39 is 29.7 Å². The molecule has 0 aliphatic carbocycles. The number of piperidine rings is 1. The molecule has 1 fully saturated rings. The number of amides is 5. The summed E-state index contributed by atoms with van der Waals surface area (Å²) in [5.74, 6) is -2.72. The van der Waals surface area contributed by atoms with Gasteiger partial charge in [-0.3, -0.25) is 34.2 Å². The molecule has 2 aromatic rings. The van der Waals surface area contributed by atoms with Gasteiger partial charge in [0.25, 0.3) is 11.8 Å². The quantitative estimate of drug-likeness (QED) is 0.0740. The van der Waals surface area contributed by atoms with Crippen molar-refractivity contribution in [1.82, 2.24) is 10.2 Å². The molecule has 344 valence electrons. The molecule has 0 aromatic heterocycles. The molecule has 0 radical (unpaired) electrons. The molecular formula is C44H63N3O15. The molecule has 62 heavy (non-hydrogen) atoms. The van der Waals surface area contributed by atoms with Gasteiger partial charge >= 0.3 is 0 Å². The van der Waals surface area contributed by atoms with Gasteiger partial charge in [0, 0.05) is 19.4 Å². The third-order valence-corrected chi connectivity index (χ3v) is 9.39. The van der Waals surface area contributed by atoms with Crippen molar-refractivity contribution in [1.29, 1.82) is 0 Å². The van der Waals surface area contributed by atoms with Crippen LogP contribution in [0.2, 0.25) is 0 Å². The lowest BCUT2D eigenvalue weighted by Gasteiger charge is -2.27. The Kier molecular flexibility index (Phi) is 25.7. The number of carbonyl (C=O) groups is 5. The number of carbonyl (C=O) groups excluding carboxylic acids is 5. The zero-order chi connectivity index (χ0) is 43.9. The van der Waals surface area contributed by atoms with Gasteiger partial charge < -0.3 is 52.7 Å². The van der Waals surface area contributed by atoms with Crippen molar-refractivity contribution in [3.05, 3.63) is 65.2 Å². The van der Waals surface area contributed by atoms with E-state index in [1.54, 1.807) is 12.1 Å². The van der Waals surface area contributed by atoms with E-state index in [0.29, 0.717) is 139 Å². The molecule has 1 atom stereocenters. The topological polar surface area (TPSA) is 205 Å². The molecule has 18 heteroatoms. The fourth-order valence-electron chi connectivity index (χ4n) is 6.24. The summed E-state index contributed by atoms with van der Waals surface area (Å²) in [7, 11) is 0. The summed E-state index contributed by atoms with van der Waals surface area (Å²) >= 11 is 0. The van der Waals surface area contributed by atoms with Crippen LogP contribution in [0.15, 0.2) is 48.5 Å². The standard InChI is InChI=1S/C44H63N3O15/c48-39(45-37-11-7-10-36-41(37)44(52)47(43(36)51)38-13-14-40(49)46-42(38)50)12-5-2-6-15-53-16-17-54-18-19-55-20-21-56-22-23-57-24-25-58-26-27-59-28-29-60-30-31-61-32-33-62-34-35-8-3-1-4-9-35/h1,3-4,7-11,38H,2,5-6,12-34H2,(H,45,48)(H,46,49,50). The number of fused-ring (bicyclic) bond motifs is 1. The molecule has 5 amide bonds. The van der Waals surface area contributed by atoms with Crippen LogP contribution in [0.25, 0.3) is 0 Å². The minimum absolute atomic E-state index is 0.0278. The second kappa shape index (κ2) is 31.6. The van der Waals surface area contributed by atoms with Crippen molar-refractivity contribution in [3.8, 4) is 0 Å². The van der Waals surface area contributed by atoms with E-state index >= 15 is 0 Å². The van der Waals surface area contributed by atoms with Crippen LogP contribution < -0.4 is 10.6 Å². The Balaban J connectivity index is 0.821. The lowest BCUT2D eigenvalue weighted by molar-refractivity contribution is -0.136. The molecule has 2 N–H and O–H groups in total. The summed E-state index contributed by atoms with van der Waals surface area (Å²) in [4.78, 5) is 63.6. The van der Waals surface area contributed by atoms with Crippen molar-refractivity contribution >= 4 is 35.2 Å². The van der Waals surface area contributed by atoms with E-state index in [1.807, 2.05) is 30.3 Å². The van der Waals surface area contributed by atoms with Crippen LogP contribution in [0.4, 0.5) is 5.69 Å². The van der Waals surface area contributed by atoms with Crippen LogP contribution in [-0.4, -0.2) is 166 Å². The van der Waals surface area contributed by atoms with Gasteiger partial charge in [-0.2, -0.15) is 0 Å². The predicted octanol–water partition coefficient (Wildman–Crippen LogP) is 2.95. The molecule has 0 bridgehead atoms. The Morgan fingerprint density at radius 2 is 1.03 bits per heavy atom. The highest BCUT2D eigenvalue weighted by Crippen LogP contribution is 2.32. The number of imide groups is 2. The lowest BCUT2D eigenvalue weighted by atomic mass is 10.0. The summed E-state index contributed by atoms with van der Waals surface area (Å²) in [6, 6.07) is 13.6. The maximum Gasteiger partial charge on any atom is 0.264 e. The average Bonchev–Trinajstić information content (AvgIpc) is 3.53. The number of benzene rings is 2. The number of unbranched alkanes of at least 4 members (excludes halogenated alkanes) is 2. The van der Waals surface area contributed by atoms with Gasteiger partial charge in [0.15, 0.2) is 0 Å². The smallest absolute Gasteiger partial charge is 0.264 e. The fourth-order valence-corrected chi connectivity index (χ4v) is 6.24. The third kappa shape index (κ3) is 19.9. The highest BCUT2D eigenvalue weighted by molar-refractivity contribution is 6.26. The first-order valence-electron chi connectivity index (χ1n) is 21.4. The first kappa shape index (κ1) is 50.4. The number of hydrogen-bond acceptors (Lipinski definition) is 15. The van der Waals surface area contributed by atoms with Gasteiger partial charge in [0.2, 0.25) is 17.7 Å². The Bertz CT molecular complexity index is 1620. The maximum absolute atomic E-state index is 13.2. The summed E-state index contributed by atoms with van der Waals surface area (Å²) < 4.78 is 55.2. The lowest BCUT2D eigenvalue weighted by Crippen LogP contribution is -2.54. The van der Waals surface area contributed by atoms with Gasteiger partial charge in [-0.15, -0.1) is 0 Å². The molecule has 2 aromatic carbocycles. The normalized spacial score (nSPS) is 15.0. The molecule has 4 rings (SSSR count). The zero-order valence-electron chi connectivity index (χ0n) is 35.7. The number of hydrogen-bond donors (Lipinski definition) is 2.